The molecule has 4 heteroatoms. The quantitative estimate of drug-likeness (QED) is 0.367. The molecule has 0 amide bonds. The first-order chi connectivity index (χ1) is 10.2. The SMILES string of the molecule is CC(C)CCCC(CO[Si](C)(C)C)(CO[Si](C)(C)C)CC(C)C. The molecule has 0 aromatic rings. The minimum absolute atomic E-state index is 0.198. The second-order valence-corrected chi connectivity index (χ2v) is 19.2. The number of hydrogen-bond acceptors (Lipinski definition) is 2. The summed E-state index contributed by atoms with van der Waals surface area (Å²) in [5.41, 5.74) is 0.198. The summed E-state index contributed by atoms with van der Waals surface area (Å²) in [5.74, 6) is 1.46. The predicted molar refractivity (Wildman–Crippen MR) is 109 cm³/mol. The third-order valence-electron chi connectivity index (χ3n) is 3.95. The molecule has 0 rings (SSSR count). The van der Waals surface area contributed by atoms with Crippen LogP contribution in [-0.2, 0) is 8.85 Å². The fraction of sp³-hybridized carbons (Fsp3) is 1.00. The maximum Gasteiger partial charge on any atom is 0.183 e. The van der Waals surface area contributed by atoms with Gasteiger partial charge in [0.05, 0.1) is 0 Å². The number of hydrogen-bond donors (Lipinski definition) is 0. The molecular formula is C19H44O2Si2. The van der Waals surface area contributed by atoms with Crippen molar-refractivity contribution in [2.45, 2.75) is 92.7 Å². The van der Waals surface area contributed by atoms with E-state index in [4.69, 9.17) is 8.85 Å². The van der Waals surface area contributed by atoms with E-state index in [1.807, 2.05) is 0 Å². The Morgan fingerprint density at radius 3 is 1.48 bits per heavy atom. The summed E-state index contributed by atoms with van der Waals surface area (Å²) < 4.78 is 12.8. The summed E-state index contributed by atoms with van der Waals surface area (Å²) in [6.45, 7) is 24.8. The first-order valence-corrected chi connectivity index (χ1v) is 16.3. The van der Waals surface area contributed by atoms with Crippen LogP contribution in [-0.4, -0.2) is 29.8 Å². The third-order valence-corrected chi connectivity index (χ3v) is 5.97. The van der Waals surface area contributed by atoms with Gasteiger partial charge in [-0.1, -0.05) is 40.5 Å². The molecule has 2 nitrogen and oxygen atoms in total. The molecule has 0 unspecified atom stereocenters. The lowest BCUT2D eigenvalue weighted by atomic mass is 9.77. The van der Waals surface area contributed by atoms with Crippen molar-refractivity contribution in [2.75, 3.05) is 13.2 Å². The van der Waals surface area contributed by atoms with E-state index in [0.29, 0.717) is 5.92 Å². The summed E-state index contributed by atoms with van der Waals surface area (Å²) in [6.07, 6.45) is 5.03. The minimum atomic E-state index is -1.50. The van der Waals surface area contributed by atoms with Gasteiger partial charge in [-0.15, -0.1) is 0 Å². The van der Waals surface area contributed by atoms with Crippen molar-refractivity contribution in [3.63, 3.8) is 0 Å². The zero-order chi connectivity index (χ0) is 18.3. The van der Waals surface area contributed by atoms with Crippen molar-refractivity contribution < 1.29 is 8.85 Å². The average molecular weight is 361 g/mol. The van der Waals surface area contributed by atoms with Gasteiger partial charge in [0, 0.05) is 18.6 Å². The molecule has 0 bridgehead atoms. The van der Waals surface area contributed by atoms with E-state index in [2.05, 4.69) is 67.0 Å². The van der Waals surface area contributed by atoms with Crippen molar-refractivity contribution in [1.29, 1.82) is 0 Å². The summed E-state index contributed by atoms with van der Waals surface area (Å²) in [4.78, 5) is 0. The molecule has 0 N–H and O–H groups in total. The molecule has 23 heavy (non-hydrogen) atoms. The van der Waals surface area contributed by atoms with Gasteiger partial charge in [0.2, 0.25) is 0 Å². The molecule has 0 spiro atoms. The van der Waals surface area contributed by atoms with Crippen LogP contribution in [0.15, 0.2) is 0 Å². The maximum atomic E-state index is 6.39. The topological polar surface area (TPSA) is 18.5 Å². The highest BCUT2D eigenvalue weighted by atomic mass is 28.4. The van der Waals surface area contributed by atoms with Crippen molar-refractivity contribution in [3.05, 3.63) is 0 Å². The van der Waals surface area contributed by atoms with Crippen LogP contribution in [0.2, 0.25) is 39.3 Å². The Balaban J connectivity index is 5.08. The number of rotatable bonds is 12. The molecule has 0 atom stereocenters. The Kier molecular flexibility index (Phi) is 9.89. The van der Waals surface area contributed by atoms with Gasteiger partial charge in [0.25, 0.3) is 0 Å². The normalized spacial score (nSPS) is 14.1. The second-order valence-electron chi connectivity index (χ2n) is 10.2. The molecule has 0 heterocycles. The molecule has 0 aliphatic carbocycles. The monoisotopic (exact) mass is 360 g/mol. The smallest absolute Gasteiger partial charge is 0.183 e. The Bertz CT molecular complexity index is 296. The Hall–Kier alpha value is 0.354. The van der Waals surface area contributed by atoms with Gasteiger partial charge in [-0.05, 0) is 64.0 Å². The van der Waals surface area contributed by atoms with Gasteiger partial charge in [-0.25, -0.2) is 0 Å². The summed E-state index contributed by atoms with van der Waals surface area (Å²) in [7, 11) is -3.00. The Labute approximate surface area is 149 Å². The van der Waals surface area contributed by atoms with Crippen LogP contribution in [0.4, 0.5) is 0 Å². The zero-order valence-corrected chi connectivity index (χ0v) is 19.7. The standard InChI is InChI=1S/C19H44O2Si2/c1-17(2)12-11-13-19(14-18(3)4,15-20-22(5,6)7)16-21-23(8,9)10/h17-18H,11-16H2,1-10H3. The van der Waals surface area contributed by atoms with Crippen LogP contribution in [0.5, 0.6) is 0 Å². The minimum Gasteiger partial charge on any atom is -0.417 e. The Morgan fingerprint density at radius 1 is 0.739 bits per heavy atom. The molecular weight excluding hydrogens is 316 g/mol. The van der Waals surface area contributed by atoms with Gasteiger partial charge >= 0.3 is 0 Å². The van der Waals surface area contributed by atoms with Gasteiger partial charge in [-0.3, -0.25) is 0 Å². The highest BCUT2D eigenvalue weighted by molar-refractivity contribution is 6.70. The molecule has 0 saturated heterocycles. The zero-order valence-electron chi connectivity index (χ0n) is 17.7. The molecule has 0 radical (unpaired) electrons. The van der Waals surface area contributed by atoms with E-state index >= 15 is 0 Å². The fourth-order valence-electron chi connectivity index (χ4n) is 2.90. The van der Waals surface area contributed by atoms with E-state index in [9.17, 15) is 0 Å². The maximum absolute atomic E-state index is 6.39. The van der Waals surface area contributed by atoms with Gasteiger partial charge in [0.1, 0.15) is 0 Å². The molecule has 140 valence electrons. The summed E-state index contributed by atoms with van der Waals surface area (Å²) in [5, 5.41) is 0. The summed E-state index contributed by atoms with van der Waals surface area (Å²) >= 11 is 0. The lowest BCUT2D eigenvalue weighted by Crippen LogP contribution is -2.42. The van der Waals surface area contributed by atoms with E-state index in [-0.39, 0.29) is 5.41 Å². The molecule has 0 aliphatic heterocycles. The fourth-order valence-corrected chi connectivity index (χ4v) is 4.37. The second kappa shape index (κ2) is 9.74. The van der Waals surface area contributed by atoms with Gasteiger partial charge in [0.15, 0.2) is 16.6 Å². The van der Waals surface area contributed by atoms with Crippen LogP contribution in [0.1, 0.15) is 53.4 Å². The van der Waals surface area contributed by atoms with Gasteiger partial charge < -0.3 is 8.85 Å². The average Bonchev–Trinajstić information content (AvgIpc) is 2.31. The van der Waals surface area contributed by atoms with Crippen LogP contribution in [0.25, 0.3) is 0 Å². The molecule has 0 aromatic heterocycles. The van der Waals surface area contributed by atoms with Crippen molar-refractivity contribution >= 4 is 16.6 Å². The van der Waals surface area contributed by atoms with E-state index < -0.39 is 16.6 Å². The highest BCUT2D eigenvalue weighted by Gasteiger charge is 2.35. The van der Waals surface area contributed by atoms with E-state index in [1.54, 1.807) is 0 Å². The predicted octanol–water partition coefficient (Wildman–Crippen LogP) is 6.55. The van der Waals surface area contributed by atoms with Gasteiger partial charge in [-0.2, -0.15) is 0 Å². The largest absolute Gasteiger partial charge is 0.417 e. The lowest BCUT2D eigenvalue weighted by Gasteiger charge is -2.39. The third kappa shape index (κ3) is 13.3. The molecule has 0 fully saturated rings. The van der Waals surface area contributed by atoms with E-state index in [0.717, 1.165) is 19.1 Å². The lowest BCUT2D eigenvalue weighted by molar-refractivity contribution is 0.0415. The highest BCUT2D eigenvalue weighted by Crippen LogP contribution is 2.35. The van der Waals surface area contributed by atoms with Crippen LogP contribution in [0, 0.1) is 17.3 Å². The molecule has 0 aliphatic rings. The van der Waals surface area contributed by atoms with Crippen molar-refractivity contribution in [2.24, 2.45) is 17.3 Å². The van der Waals surface area contributed by atoms with Crippen LogP contribution < -0.4 is 0 Å². The van der Waals surface area contributed by atoms with Crippen molar-refractivity contribution in [3.8, 4) is 0 Å². The van der Waals surface area contributed by atoms with E-state index in [1.165, 1.54) is 25.7 Å². The first-order valence-electron chi connectivity index (χ1n) is 9.53. The van der Waals surface area contributed by atoms with Crippen LogP contribution >= 0.6 is 0 Å². The van der Waals surface area contributed by atoms with Crippen LogP contribution in [0.3, 0.4) is 0 Å². The summed E-state index contributed by atoms with van der Waals surface area (Å²) in [6, 6.07) is 0. The van der Waals surface area contributed by atoms with Crippen molar-refractivity contribution in [1.82, 2.24) is 0 Å². The Morgan fingerprint density at radius 2 is 1.17 bits per heavy atom. The molecule has 0 saturated carbocycles. The molecule has 0 aromatic carbocycles. The first kappa shape index (κ1) is 23.4.